The number of carbonyl (C=O) groups is 2. The Labute approximate surface area is 118 Å². The molecule has 2 rings (SSSR count). The van der Waals surface area contributed by atoms with E-state index in [-0.39, 0.29) is 5.91 Å². The minimum atomic E-state index is -1.04. The Bertz CT molecular complexity index is 500. The minimum Gasteiger partial charge on any atom is -0.482 e. The zero-order valence-electron chi connectivity index (χ0n) is 11.5. The first-order valence-electron chi connectivity index (χ1n) is 6.84. The van der Waals surface area contributed by atoms with Gasteiger partial charge < -0.3 is 14.7 Å². The molecule has 1 aliphatic rings. The molecule has 0 aromatic heterocycles. The smallest absolute Gasteiger partial charge is 0.341 e. The van der Waals surface area contributed by atoms with Crippen molar-refractivity contribution in [2.75, 3.05) is 19.7 Å². The molecule has 1 saturated heterocycles. The molecule has 1 unspecified atom stereocenters. The molecule has 1 aromatic rings. The Kier molecular flexibility index (Phi) is 4.61. The number of nitrogens with zero attached hydrogens (tertiary/aromatic N) is 1. The van der Waals surface area contributed by atoms with Crippen molar-refractivity contribution < 1.29 is 19.4 Å². The van der Waals surface area contributed by atoms with Gasteiger partial charge in [-0.05, 0) is 30.5 Å². The van der Waals surface area contributed by atoms with Crippen LogP contribution in [0.15, 0.2) is 24.3 Å². The van der Waals surface area contributed by atoms with E-state index in [4.69, 9.17) is 9.84 Å². The van der Waals surface area contributed by atoms with E-state index >= 15 is 0 Å². The average Bonchev–Trinajstić information content (AvgIpc) is 2.93. The first-order chi connectivity index (χ1) is 9.60. The zero-order chi connectivity index (χ0) is 14.5. The molecule has 1 N–H and O–H groups in total. The summed E-state index contributed by atoms with van der Waals surface area (Å²) in [6.07, 6.45) is 2.14. The Morgan fingerprint density at radius 1 is 1.45 bits per heavy atom. The monoisotopic (exact) mass is 277 g/mol. The lowest BCUT2D eigenvalue weighted by Gasteiger charge is -2.16. The van der Waals surface area contributed by atoms with Crippen molar-refractivity contribution in [3.8, 4) is 5.75 Å². The van der Waals surface area contributed by atoms with Crippen molar-refractivity contribution in [1.82, 2.24) is 4.90 Å². The molecule has 1 heterocycles. The molecule has 0 saturated carbocycles. The lowest BCUT2D eigenvalue weighted by molar-refractivity contribution is -0.139. The van der Waals surface area contributed by atoms with Gasteiger partial charge in [0.1, 0.15) is 5.75 Å². The van der Waals surface area contributed by atoms with Crippen LogP contribution in [0.3, 0.4) is 0 Å². The van der Waals surface area contributed by atoms with Gasteiger partial charge in [-0.15, -0.1) is 0 Å². The maximum Gasteiger partial charge on any atom is 0.341 e. The van der Waals surface area contributed by atoms with Crippen molar-refractivity contribution in [3.63, 3.8) is 0 Å². The normalized spacial score (nSPS) is 18.1. The molecule has 0 radical (unpaired) electrons. The third kappa shape index (κ3) is 3.50. The summed E-state index contributed by atoms with van der Waals surface area (Å²) < 4.78 is 5.09. The van der Waals surface area contributed by atoms with Gasteiger partial charge >= 0.3 is 5.97 Å². The molecular formula is C15H19NO4. The molecule has 1 fully saturated rings. The van der Waals surface area contributed by atoms with Crippen LogP contribution in [0, 0.1) is 5.92 Å². The van der Waals surface area contributed by atoms with Crippen molar-refractivity contribution in [2.24, 2.45) is 5.92 Å². The molecule has 1 aliphatic heterocycles. The highest BCUT2D eigenvalue weighted by atomic mass is 16.5. The number of hydrogen-bond acceptors (Lipinski definition) is 3. The Hall–Kier alpha value is -2.04. The summed E-state index contributed by atoms with van der Waals surface area (Å²) in [5.74, 6) is -0.0522. The van der Waals surface area contributed by atoms with Gasteiger partial charge in [0.15, 0.2) is 6.61 Å². The molecule has 1 atom stereocenters. The lowest BCUT2D eigenvalue weighted by Crippen LogP contribution is -2.28. The number of carbonyl (C=O) groups excluding carboxylic acids is 1. The molecule has 108 valence electrons. The standard InChI is InChI=1S/C15H19NO4/c1-2-11-6-7-16(9-11)15(19)12-4-3-5-13(8-12)20-10-14(17)18/h3-5,8,11H,2,6-7,9-10H2,1H3,(H,17,18). The first-order valence-corrected chi connectivity index (χ1v) is 6.84. The van der Waals surface area contributed by atoms with Crippen LogP contribution in [0.1, 0.15) is 30.1 Å². The summed E-state index contributed by atoms with van der Waals surface area (Å²) in [4.78, 5) is 24.7. The fourth-order valence-corrected chi connectivity index (χ4v) is 2.40. The summed E-state index contributed by atoms with van der Waals surface area (Å²) in [5, 5.41) is 8.58. The van der Waals surface area contributed by atoms with Gasteiger partial charge in [-0.3, -0.25) is 4.79 Å². The second-order valence-corrected chi connectivity index (χ2v) is 5.02. The van der Waals surface area contributed by atoms with Gasteiger partial charge in [0, 0.05) is 18.7 Å². The number of rotatable bonds is 5. The number of aliphatic carboxylic acids is 1. The van der Waals surface area contributed by atoms with Crippen LogP contribution in [0.5, 0.6) is 5.75 Å². The van der Waals surface area contributed by atoms with Gasteiger partial charge in [0.05, 0.1) is 0 Å². The second-order valence-electron chi connectivity index (χ2n) is 5.02. The summed E-state index contributed by atoms with van der Waals surface area (Å²) in [5.41, 5.74) is 0.546. The highest BCUT2D eigenvalue weighted by Crippen LogP contribution is 2.22. The topological polar surface area (TPSA) is 66.8 Å². The maximum absolute atomic E-state index is 12.4. The van der Waals surface area contributed by atoms with Crippen LogP contribution in [0.4, 0.5) is 0 Å². The van der Waals surface area contributed by atoms with Crippen LogP contribution < -0.4 is 4.74 Å². The third-order valence-corrected chi connectivity index (χ3v) is 3.59. The van der Waals surface area contributed by atoms with E-state index in [1.807, 2.05) is 4.90 Å². The molecule has 20 heavy (non-hydrogen) atoms. The van der Waals surface area contributed by atoms with E-state index < -0.39 is 12.6 Å². The van der Waals surface area contributed by atoms with Crippen molar-refractivity contribution >= 4 is 11.9 Å². The highest BCUT2D eigenvalue weighted by molar-refractivity contribution is 5.94. The Morgan fingerprint density at radius 2 is 2.25 bits per heavy atom. The van der Waals surface area contributed by atoms with Crippen molar-refractivity contribution in [3.05, 3.63) is 29.8 Å². The summed E-state index contributed by atoms with van der Waals surface area (Å²) in [7, 11) is 0. The molecule has 1 aromatic carbocycles. The van der Waals surface area contributed by atoms with E-state index in [9.17, 15) is 9.59 Å². The molecule has 0 spiro atoms. The predicted molar refractivity (Wildman–Crippen MR) is 73.9 cm³/mol. The van der Waals surface area contributed by atoms with Crippen LogP contribution >= 0.6 is 0 Å². The highest BCUT2D eigenvalue weighted by Gasteiger charge is 2.25. The van der Waals surface area contributed by atoms with E-state index in [0.29, 0.717) is 17.2 Å². The molecule has 1 amide bonds. The number of hydrogen-bond donors (Lipinski definition) is 1. The van der Waals surface area contributed by atoms with E-state index in [0.717, 1.165) is 25.9 Å². The van der Waals surface area contributed by atoms with Crippen molar-refractivity contribution in [1.29, 1.82) is 0 Å². The number of carboxylic acid groups (broad SMARTS) is 1. The van der Waals surface area contributed by atoms with E-state index in [1.54, 1.807) is 24.3 Å². The van der Waals surface area contributed by atoms with Crippen LogP contribution in [0.2, 0.25) is 0 Å². The fraction of sp³-hybridized carbons (Fsp3) is 0.467. The van der Waals surface area contributed by atoms with Gasteiger partial charge in [0.2, 0.25) is 0 Å². The van der Waals surface area contributed by atoms with Gasteiger partial charge in [-0.2, -0.15) is 0 Å². The van der Waals surface area contributed by atoms with E-state index in [1.165, 1.54) is 0 Å². The largest absolute Gasteiger partial charge is 0.482 e. The lowest BCUT2D eigenvalue weighted by atomic mass is 10.1. The molecular weight excluding hydrogens is 258 g/mol. The summed E-state index contributed by atoms with van der Waals surface area (Å²) >= 11 is 0. The number of likely N-dealkylation sites (tertiary alicyclic amines) is 1. The van der Waals surface area contributed by atoms with Crippen LogP contribution in [-0.2, 0) is 4.79 Å². The predicted octanol–water partition coefficient (Wildman–Crippen LogP) is 2.02. The summed E-state index contributed by atoms with van der Waals surface area (Å²) in [6.45, 7) is 3.32. The Balaban J connectivity index is 2.03. The first kappa shape index (κ1) is 14.4. The number of ether oxygens (including phenoxy) is 1. The molecule has 5 heteroatoms. The number of amides is 1. The van der Waals surface area contributed by atoms with Crippen LogP contribution in [-0.4, -0.2) is 41.6 Å². The Morgan fingerprint density at radius 3 is 2.90 bits per heavy atom. The second kappa shape index (κ2) is 6.41. The zero-order valence-corrected chi connectivity index (χ0v) is 11.5. The van der Waals surface area contributed by atoms with Crippen molar-refractivity contribution in [2.45, 2.75) is 19.8 Å². The average molecular weight is 277 g/mol. The fourth-order valence-electron chi connectivity index (χ4n) is 2.40. The number of carboxylic acids is 1. The van der Waals surface area contributed by atoms with E-state index in [2.05, 4.69) is 6.92 Å². The third-order valence-electron chi connectivity index (χ3n) is 3.59. The van der Waals surface area contributed by atoms with Gasteiger partial charge in [-0.25, -0.2) is 4.79 Å². The van der Waals surface area contributed by atoms with Gasteiger partial charge in [-0.1, -0.05) is 19.4 Å². The molecule has 5 nitrogen and oxygen atoms in total. The quantitative estimate of drug-likeness (QED) is 0.894. The van der Waals surface area contributed by atoms with Crippen LogP contribution in [0.25, 0.3) is 0 Å². The summed E-state index contributed by atoms with van der Waals surface area (Å²) in [6, 6.07) is 6.69. The minimum absolute atomic E-state index is 0.0123. The number of benzene rings is 1. The maximum atomic E-state index is 12.4. The molecule has 0 aliphatic carbocycles. The van der Waals surface area contributed by atoms with Gasteiger partial charge in [0.25, 0.3) is 5.91 Å². The molecule has 0 bridgehead atoms. The SMILES string of the molecule is CCC1CCN(C(=O)c2cccc(OCC(=O)O)c2)C1.